The van der Waals surface area contributed by atoms with Crippen molar-refractivity contribution in [1.82, 2.24) is 4.90 Å². The van der Waals surface area contributed by atoms with Crippen molar-refractivity contribution < 1.29 is 14.3 Å². The van der Waals surface area contributed by atoms with Crippen LogP contribution in [0, 0.1) is 0 Å². The molecule has 0 radical (unpaired) electrons. The van der Waals surface area contributed by atoms with Gasteiger partial charge in [0, 0.05) is 24.2 Å². The first kappa shape index (κ1) is 18.3. The van der Waals surface area contributed by atoms with Gasteiger partial charge >= 0.3 is 0 Å². The van der Waals surface area contributed by atoms with Gasteiger partial charge in [-0.25, -0.2) is 0 Å². The molecule has 0 aliphatic carbocycles. The van der Waals surface area contributed by atoms with Crippen LogP contribution in [-0.4, -0.2) is 24.5 Å². The van der Waals surface area contributed by atoms with Crippen LogP contribution in [0.2, 0.25) is 0 Å². The number of ether oxygens (including phenoxy) is 2. The molecule has 0 unspecified atom stereocenters. The topological polar surface area (TPSA) is 38.8 Å². The van der Waals surface area contributed by atoms with Gasteiger partial charge in [-0.15, -0.1) is 0 Å². The number of para-hydroxylation sites is 2. The summed E-state index contributed by atoms with van der Waals surface area (Å²) in [7, 11) is 0. The van der Waals surface area contributed by atoms with E-state index in [1.165, 1.54) is 0 Å². The van der Waals surface area contributed by atoms with Gasteiger partial charge in [0.2, 0.25) is 6.41 Å². The van der Waals surface area contributed by atoms with Gasteiger partial charge in [0.1, 0.15) is 24.7 Å². The highest BCUT2D eigenvalue weighted by Crippen LogP contribution is 2.23. The molecule has 0 aromatic heterocycles. The van der Waals surface area contributed by atoms with Crippen molar-refractivity contribution in [3.8, 4) is 11.5 Å². The molecule has 4 heteroatoms. The van der Waals surface area contributed by atoms with E-state index in [2.05, 4.69) is 13.2 Å². The summed E-state index contributed by atoms with van der Waals surface area (Å²) in [5, 5.41) is 0. The average Bonchev–Trinajstić information content (AvgIpc) is 2.66. The normalized spacial score (nSPS) is 9.92. The standard InChI is InChI=1S/C21H23NO3/c1-3-13-24-20-11-7-5-9-18(20)15-22(17-23)16-19-10-6-8-12-21(19)25-14-4-2/h3-12,17H,1-2,13-16H2. The largest absolute Gasteiger partial charge is 0.489 e. The minimum absolute atomic E-state index is 0.427. The first-order valence-electron chi connectivity index (χ1n) is 8.11. The minimum Gasteiger partial charge on any atom is -0.489 e. The molecule has 0 atom stereocenters. The van der Waals surface area contributed by atoms with Crippen LogP contribution in [0.5, 0.6) is 11.5 Å². The lowest BCUT2D eigenvalue weighted by Gasteiger charge is -2.21. The molecule has 0 aliphatic rings. The smallest absolute Gasteiger partial charge is 0.210 e. The summed E-state index contributed by atoms with van der Waals surface area (Å²) in [4.78, 5) is 13.3. The van der Waals surface area contributed by atoms with Crippen LogP contribution >= 0.6 is 0 Å². The number of nitrogens with zero attached hydrogens (tertiary/aromatic N) is 1. The Morgan fingerprint density at radius 2 is 1.24 bits per heavy atom. The lowest BCUT2D eigenvalue weighted by atomic mass is 10.1. The number of hydrogen-bond donors (Lipinski definition) is 0. The first-order chi connectivity index (χ1) is 12.3. The molecule has 0 aliphatic heterocycles. The lowest BCUT2D eigenvalue weighted by Crippen LogP contribution is -2.21. The predicted molar refractivity (Wildman–Crippen MR) is 99.6 cm³/mol. The predicted octanol–water partition coefficient (Wildman–Crippen LogP) is 3.97. The van der Waals surface area contributed by atoms with Crippen molar-refractivity contribution in [3.63, 3.8) is 0 Å². The Morgan fingerprint density at radius 1 is 0.800 bits per heavy atom. The molecular formula is C21H23NO3. The quantitative estimate of drug-likeness (QED) is 0.460. The fourth-order valence-electron chi connectivity index (χ4n) is 2.42. The third-order valence-electron chi connectivity index (χ3n) is 3.55. The van der Waals surface area contributed by atoms with E-state index in [1.807, 2.05) is 48.5 Å². The number of amides is 1. The summed E-state index contributed by atoms with van der Waals surface area (Å²) in [6.07, 6.45) is 4.23. The van der Waals surface area contributed by atoms with Crippen LogP contribution in [0.3, 0.4) is 0 Å². The highest BCUT2D eigenvalue weighted by molar-refractivity contribution is 5.49. The second kappa shape index (κ2) is 9.98. The van der Waals surface area contributed by atoms with E-state index in [1.54, 1.807) is 17.1 Å². The molecule has 0 bridgehead atoms. The zero-order valence-corrected chi connectivity index (χ0v) is 14.3. The number of carbonyl (C=O) groups excluding carboxylic acids is 1. The maximum absolute atomic E-state index is 11.6. The van der Waals surface area contributed by atoms with Crippen LogP contribution in [0.25, 0.3) is 0 Å². The third-order valence-corrected chi connectivity index (χ3v) is 3.55. The zero-order valence-electron chi connectivity index (χ0n) is 14.3. The highest BCUT2D eigenvalue weighted by Gasteiger charge is 2.11. The second-order valence-corrected chi connectivity index (χ2v) is 5.43. The number of hydrogen-bond acceptors (Lipinski definition) is 3. The SMILES string of the molecule is C=CCOc1ccccc1CN(C=O)Cc1ccccc1OCC=C. The average molecular weight is 337 g/mol. The van der Waals surface area contributed by atoms with Crippen LogP contribution in [0.15, 0.2) is 73.8 Å². The Labute approximate surface area is 149 Å². The van der Waals surface area contributed by atoms with Gasteiger partial charge in [-0.05, 0) is 12.1 Å². The van der Waals surface area contributed by atoms with Gasteiger partial charge in [-0.2, -0.15) is 0 Å². The number of carbonyl (C=O) groups is 1. The van der Waals surface area contributed by atoms with Gasteiger partial charge < -0.3 is 14.4 Å². The van der Waals surface area contributed by atoms with E-state index >= 15 is 0 Å². The van der Waals surface area contributed by atoms with E-state index in [9.17, 15) is 4.79 Å². The van der Waals surface area contributed by atoms with Gasteiger partial charge in [0.05, 0.1) is 0 Å². The van der Waals surface area contributed by atoms with Gasteiger partial charge in [0.25, 0.3) is 0 Å². The first-order valence-corrected chi connectivity index (χ1v) is 8.11. The summed E-state index contributed by atoms with van der Waals surface area (Å²) in [5.41, 5.74) is 1.89. The van der Waals surface area contributed by atoms with Gasteiger partial charge in [-0.3, -0.25) is 4.79 Å². The second-order valence-electron chi connectivity index (χ2n) is 5.43. The van der Waals surface area contributed by atoms with E-state index in [0.717, 1.165) is 29.0 Å². The Balaban J connectivity index is 2.12. The molecule has 0 saturated heterocycles. The molecule has 2 aromatic carbocycles. The summed E-state index contributed by atoms with van der Waals surface area (Å²) >= 11 is 0. The van der Waals surface area contributed by atoms with Crippen molar-refractivity contribution in [2.24, 2.45) is 0 Å². The monoisotopic (exact) mass is 337 g/mol. The number of rotatable bonds is 11. The molecule has 2 rings (SSSR count). The van der Waals surface area contributed by atoms with Crippen molar-refractivity contribution >= 4 is 6.41 Å². The molecule has 0 spiro atoms. The molecule has 25 heavy (non-hydrogen) atoms. The fourth-order valence-corrected chi connectivity index (χ4v) is 2.42. The lowest BCUT2D eigenvalue weighted by molar-refractivity contribution is -0.119. The molecule has 1 amide bonds. The van der Waals surface area contributed by atoms with Crippen molar-refractivity contribution in [3.05, 3.63) is 85.0 Å². The molecule has 4 nitrogen and oxygen atoms in total. The van der Waals surface area contributed by atoms with E-state index in [4.69, 9.17) is 9.47 Å². The fraction of sp³-hybridized carbons (Fsp3) is 0.190. The molecule has 130 valence electrons. The molecule has 0 saturated carbocycles. The highest BCUT2D eigenvalue weighted by atomic mass is 16.5. The maximum Gasteiger partial charge on any atom is 0.210 e. The van der Waals surface area contributed by atoms with E-state index in [-0.39, 0.29) is 0 Å². The van der Waals surface area contributed by atoms with Crippen molar-refractivity contribution in [2.45, 2.75) is 13.1 Å². The third kappa shape index (κ3) is 5.53. The number of benzene rings is 2. The minimum atomic E-state index is 0.427. The maximum atomic E-state index is 11.6. The summed E-state index contributed by atoms with van der Waals surface area (Å²) in [6, 6.07) is 15.4. The summed E-state index contributed by atoms with van der Waals surface area (Å²) < 4.78 is 11.3. The summed E-state index contributed by atoms with van der Waals surface area (Å²) in [6.45, 7) is 9.08. The van der Waals surface area contributed by atoms with Crippen LogP contribution in [0.4, 0.5) is 0 Å². The molecule has 2 aromatic rings. The molecule has 0 heterocycles. The Hall–Kier alpha value is -3.01. The molecular weight excluding hydrogens is 314 g/mol. The summed E-state index contributed by atoms with van der Waals surface area (Å²) in [5.74, 6) is 1.51. The van der Waals surface area contributed by atoms with E-state index in [0.29, 0.717) is 26.3 Å². The van der Waals surface area contributed by atoms with E-state index < -0.39 is 0 Å². The zero-order chi connectivity index (χ0) is 17.9. The Kier molecular flexibility index (Phi) is 7.32. The Morgan fingerprint density at radius 3 is 1.64 bits per heavy atom. The van der Waals surface area contributed by atoms with Crippen LogP contribution in [-0.2, 0) is 17.9 Å². The van der Waals surface area contributed by atoms with Crippen LogP contribution in [0.1, 0.15) is 11.1 Å². The molecule has 0 fully saturated rings. The van der Waals surface area contributed by atoms with Crippen molar-refractivity contribution in [2.75, 3.05) is 13.2 Å². The van der Waals surface area contributed by atoms with Crippen LogP contribution < -0.4 is 9.47 Å². The van der Waals surface area contributed by atoms with Crippen molar-refractivity contribution in [1.29, 1.82) is 0 Å². The molecule has 0 N–H and O–H groups in total. The van der Waals surface area contributed by atoms with Gasteiger partial charge in [0.15, 0.2) is 0 Å². The van der Waals surface area contributed by atoms with Gasteiger partial charge in [-0.1, -0.05) is 61.7 Å². The Bertz CT molecular complexity index is 654.